The molecule has 0 aliphatic rings. The second-order valence-electron chi connectivity index (χ2n) is 5.19. The molecule has 1 heterocycles. The number of hydrogen-bond acceptors (Lipinski definition) is 4. The Morgan fingerprint density at radius 3 is 2.52 bits per heavy atom. The number of rotatable bonds is 5. The van der Waals surface area contributed by atoms with Gasteiger partial charge in [-0.05, 0) is 24.6 Å². The molecule has 0 amide bonds. The van der Waals surface area contributed by atoms with E-state index >= 15 is 0 Å². The largest absolute Gasteiger partial charge is 0.265 e. The third-order valence-electron chi connectivity index (χ3n) is 3.47. The van der Waals surface area contributed by atoms with Crippen LogP contribution in [0.5, 0.6) is 0 Å². The number of nitrogens with one attached hydrogen (secondary N) is 1. The van der Waals surface area contributed by atoms with Crippen molar-refractivity contribution in [3.8, 4) is 11.3 Å². The average molecular weight is 413 g/mol. The van der Waals surface area contributed by atoms with E-state index in [1.807, 2.05) is 37.3 Å². The lowest BCUT2D eigenvalue weighted by molar-refractivity contribution is 0.601. The van der Waals surface area contributed by atoms with Crippen molar-refractivity contribution in [2.24, 2.45) is 0 Å². The second kappa shape index (κ2) is 7.33. The molecule has 3 rings (SSSR count). The number of hydrogen-bond donors (Lipinski definition) is 1. The Morgan fingerprint density at radius 1 is 1.12 bits per heavy atom. The van der Waals surface area contributed by atoms with Crippen LogP contribution in [0.25, 0.3) is 11.3 Å². The minimum Gasteiger partial charge on any atom is -0.255 e. The van der Waals surface area contributed by atoms with Crippen molar-refractivity contribution in [1.29, 1.82) is 0 Å². The maximum atomic E-state index is 12.6. The molecular weight excluding hydrogens is 399 g/mol. The fraction of sp³-hybridized carbons (Fsp3) is 0.118. The van der Waals surface area contributed by atoms with Crippen LogP contribution in [-0.2, 0) is 16.4 Å². The molecule has 0 radical (unpaired) electrons. The Kier molecular flexibility index (Phi) is 5.34. The van der Waals surface area contributed by atoms with Gasteiger partial charge in [0.25, 0.3) is 10.0 Å². The van der Waals surface area contributed by atoms with Gasteiger partial charge in [0.1, 0.15) is 4.90 Å². The number of sulfonamides is 1. The van der Waals surface area contributed by atoms with E-state index in [1.165, 1.54) is 29.5 Å². The molecule has 4 nitrogen and oxygen atoms in total. The van der Waals surface area contributed by atoms with Gasteiger partial charge < -0.3 is 0 Å². The summed E-state index contributed by atoms with van der Waals surface area (Å²) in [4.78, 5) is 5.39. The number of anilines is 1. The minimum absolute atomic E-state index is 0.0730. The summed E-state index contributed by atoms with van der Waals surface area (Å²) in [5.74, 6) is 0. The highest BCUT2D eigenvalue weighted by Crippen LogP contribution is 2.33. The number of thiazole rings is 1. The normalized spacial score (nSPS) is 11.5. The SMILES string of the molecule is CCc1sc(NS(=O)(=O)c2cc(Cl)ccc2Cl)nc1-c1ccccc1. The summed E-state index contributed by atoms with van der Waals surface area (Å²) < 4.78 is 27.8. The standard InChI is InChI=1S/C17H14Cl2N2O2S2/c1-2-14-16(11-6-4-3-5-7-11)20-17(24-14)21-25(22,23)15-10-12(18)8-9-13(15)19/h3-10H,2H2,1H3,(H,20,21). The summed E-state index contributed by atoms with van der Waals surface area (Å²) in [6.07, 6.45) is 0.752. The lowest BCUT2D eigenvalue weighted by Crippen LogP contribution is -2.13. The first kappa shape index (κ1) is 18.2. The van der Waals surface area contributed by atoms with Crippen LogP contribution in [0.2, 0.25) is 10.0 Å². The molecule has 25 heavy (non-hydrogen) atoms. The molecule has 0 saturated carbocycles. The summed E-state index contributed by atoms with van der Waals surface area (Å²) in [6.45, 7) is 2.01. The third-order valence-corrected chi connectivity index (χ3v) is 6.77. The molecule has 0 bridgehead atoms. The fourth-order valence-corrected chi connectivity index (χ4v) is 5.23. The number of benzene rings is 2. The van der Waals surface area contributed by atoms with E-state index in [0.717, 1.165) is 22.6 Å². The molecule has 2 aromatic carbocycles. The summed E-state index contributed by atoms with van der Waals surface area (Å²) in [6, 6.07) is 14.0. The van der Waals surface area contributed by atoms with Crippen LogP contribution < -0.4 is 4.72 Å². The van der Waals surface area contributed by atoms with Crippen molar-refractivity contribution in [3.05, 3.63) is 63.5 Å². The molecule has 8 heteroatoms. The van der Waals surface area contributed by atoms with Crippen LogP contribution in [0.3, 0.4) is 0 Å². The monoisotopic (exact) mass is 412 g/mol. The first-order valence-corrected chi connectivity index (χ1v) is 10.5. The van der Waals surface area contributed by atoms with Gasteiger partial charge in [-0.1, -0.05) is 60.5 Å². The third kappa shape index (κ3) is 3.98. The quantitative estimate of drug-likeness (QED) is 0.603. The molecule has 0 atom stereocenters. The van der Waals surface area contributed by atoms with Crippen molar-refractivity contribution in [3.63, 3.8) is 0 Å². The second-order valence-corrected chi connectivity index (χ2v) is 8.77. The Labute approximate surface area is 160 Å². The molecule has 3 aromatic rings. The molecule has 0 aliphatic heterocycles. The highest BCUT2D eigenvalue weighted by atomic mass is 35.5. The molecular formula is C17H14Cl2N2O2S2. The van der Waals surface area contributed by atoms with Gasteiger partial charge in [-0.15, -0.1) is 11.3 Å². The summed E-state index contributed by atoms with van der Waals surface area (Å²) in [7, 11) is -3.88. The highest BCUT2D eigenvalue weighted by molar-refractivity contribution is 7.93. The fourth-order valence-electron chi connectivity index (χ4n) is 2.31. The molecule has 0 aliphatic carbocycles. The Morgan fingerprint density at radius 2 is 1.84 bits per heavy atom. The lowest BCUT2D eigenvalue weighted by Gasteiger charge is -2.07. The van der Waals surface area contributed by atoms with E-state index in [-0.39, 0.29) is 9.92 Å². The number of halogens is 2. The van der Waals surface area contributed by atoms with Crippen LogP contribution in [0.4, 0.5) is 5.13 Å². The van der Waals surface area contributed by atoms with Crippen LogP contribution in [0, 0.1) is 0 Å². The van der Waals surface area contributed by atoms with Crippen LogP contribution in [0.15, 0.2) is 53.4 Å². The molecule has 1 aromatic heterocycles. The van der Waals surface area contributed by atoms with Gasteiger partial charge >= 0.3 is 0 Å². The Hall–Kier alpha value is -1.60. The summed E-state index contributed by atoms with van der Waals surface area (Å²) in [5.41, 5.74) is 1.73. The predicted octanol–water partition coefficient (Wildman–Crippen LogP) is 5.48. The maximum absolute atomic E-state index is 12.6. The van der Waals surface area contributed by atoms with Crippen molar-refractivity contribution in [2.45, 2.75) is 18.2 Å². The maximum Gasteiger partial charge on any atom is 0.265 e. The smallest absolute Gasteiger partial charge is 0.255 e. The highest BCUT2D eigenvalue weighted by Gasteiger charge is 2.21. The molecule has 0 unspecified atom stereocenters. The molecule has 0 spiro atoms. The first-order chi connectivity index (χ1) is 11.9. The van der Waals surface area contributed by atoms with Gasteiger partial charge in [-0.2, -0.15) is 0 Å². The summed E-state index contributed by atoms with van der Waals surface area (Å²) in [5, 5.41) is 0.697. The van der Waals surface area contributed by atoms with Gasteiger partial charge in [0.15, 0.2) is 5.13 Å². The average Bonchev–Trinajstić information content (AvgIpc) is 3.00. The molecule has 130 valence electrons. The van der Waals surface area contributed by atoms with E-state index in [0.29, 0.717) is 10.2 Å². The van der Waals surface area contributed by atoms with E-state index < -0.39 is 10.0 Å². The number of aryl methyl sites for hydroxylation is 1. The van der Waals surface area contributed by atoms with Gasteiger partial charge in [-0.25, -0.2) is 13.4 Å². The topological polar surface area (TPSA) is 59.1 Å². The van der Waals surface area contributed by atoms with Crippen molar-refractivity contribution in [1.82, 2.24) is 4.98 Å². The van der Waals surface area contributed by atoms with Crippen molar-refractivity contribution >= 4 is 49.7 Å². The van der Waals surface area contributed by atoms with Gasteiger partial charge in [-0.3, -0.25) is 4.72 Å². The predicted molar refractivity (Wildman–Crippen MR) is 104 cm³/mol. The zero-order valence-corrected chi connectivity index (χ0v) is 16.3. The molecule has 1 N–H and O–H groups in total. The van der Waals surface area contributed by atoms with Crippen LogP contribution in [0.1, 0.15) is 11.8 Å². The first-order valence-electron chi connectivity index (χ1n) is 7.43. The van der Waals surface area contributed by atoms with Crippen LogP contribution >= 0.6 is 34.5 Å². The summed E-state index contributed by atoms with van der Waals surface area (Å²) >= 11 is 13.2. The van der Waals surface area contributed by atoms with E-state index in [1.54, 1.807) is 0 Å². The van der Waals surface area contributed by atoms with E-state index in [4.69, 9.17) is 23.2 Å². The van der Waals surface area contributed by atoms with Crippen molar-refractivity contribution < 1.29 is 8.42 Å². The Bertz CT molecular complexity index is 1000. The molecule has 0 saturated heterocycles. The van der Waals surface area contributed by atoms with E-state index in [9.17, 15) is 8.42 Å². The zero-order chi connectivity index (χ0) is 18.0. The van der Waals surface area contributed by atoms with Gasteiger partial charge in [0, 0.05) is 15.5 Å². The zero-order valence-electron chi connectivity index (χ0n) is 13.2. The Balaban J connectivity index is 1.98. The van der Waals surface area contributed by atoms with Gasteiger partial charge in [0.05, 0.1) is 10.7 Å². The van der Waals surface area contributed by atoms with Crippen LogP contribution in [-0.4, -0.2) is 13.4 Å². The number of aromatic nitrogens is 1. The van der Waals surface area contributed by atoms with Crippen molar-refractivity contribution in [2.75, 3.05) is 4.72 Å². The minimum atomic E-state index is -3.88. The van der Waals surface area contributed by atoms with Gasteiger partial charge in [0.2, 0.25) is 0 Å². The van der Waals surface area contributed by atoms with E-state index in [2.05, 4.69) is 9.71 Å². The molecule has 0 fully saturated rings. The lowest BCUT2D eigenvalue weighted by atomic mass is 10.1. The number of nitrogens with zero attached hydrogens (tertiary/aromatic N) is 1.